The highest BCUT2D eigenvalue weighted by molar-refractivity contribution is 6.31. The van der Waals surface area contributed by atoms with Crippen molar-refractivity contribution in [2.45, 2.75) is 19.8 Å². The standard InChI is InChI=1S/C13H13Cl2N3O/c1-7(2)9-6-8(4-5-10(9)14)11-16-12(15)18-13(17-11)19-3/h4-7H,1-3H3. The number of ether oxygens (including phenoxy) is 1. The van der Waals surface area contributed by atoms with Crippen molar-refractivity contribution in [1.29, 1.82) is 0 Å². The van der Waals surface area contributed by atoms with Crippen LogP contribution in [0.1, 0.15) is 25.3 Å². The minimum Gasteiger partial charge on any atom is -0.467 e. The molecule has 0 N–H and O–H groups in total. The van der Waals surface area contributed by atoms with Crippen molar-refractivity contribution in [3.05, 3.63) is 34.1 Å². The molecule has 0 saturated carbocycles. The summed E-state index contributed by atoms with van der Waals surface area (Å²) < 4.78 is 4.99. The van der Waals surface area contributed by atoms with Gasteiger partial charge in [-0.25, -0.2) is 0 Å². The Labute approximate surface area is 121 Å². The average Bonchev–Trinajstić information content (AvgIpc) is 2.38. The Hall–Kier alpha value is -1.39. The van der Waals surface area contributed by atoms with Gasteiger partial charge in [-0.05, 0) is 41.3 Å². The fourth-order valence-corrected chi connectivity index (χ4v) is 2.17. The van der Waals surface area contributed by atoms with E-state index in [1.165, 1.54) is 7.11 Å². The van der Waals surface area contributed by atoms with Crippen LogP contribution in [-0.4, -0.2) is 22.1 Å². The van der Waals surface area contributed by atoms with E-state index in [-0.39, 0.29) is 11.3 Å². The molecular formula is C13H13Cl2N3O. The van der Waals surface area contributed by atoms with E-state index in [0.717, 1.165) is 16.1 Å². The van der Waals surface area contributed by atoms with Crippen LogP contribution in [0, 0.1) is 0 Å². The molecule has 0 aliphatic carbocycles. The Balaban J connectivity index is 2.52. The molecule has 0 unspecified atom stereocenters. The molecule has 0 aliphatic rings. The Morgan fingerprint density at radius 3 is 2.47 bits per heavy atom. The van der Waals surface area contributed by atoms with Crippen LogP contribution in [0.3, 0.4) is 0 Å². The predicted molar refractivity (Wildman–Crippen MR) is 75.9 cm³/mol. The van der Waals surface area contributed by atoms with Crippen molar-refractivity contribution < 1.29 is 4.74 Å². The SMILES string of the molecule is COc1nc(Cl)nc(-c2ccc(Cl)c(C(C)C)c2)n1. The smallest absolute Gasteiger partial charge is 0.321 e. The van der Waals surface area contributed by atoms with Crippen molar-refractivity contribution in [3.8, 4) is 17.4 Å². The van der Waals surface area contributed by atoms with E-state index in [2.05, 4.69) is 28.8 Å². The van der Waals surface area contributed by atoms with Gasteiger partial charge in [-0.15, -0.1) is 0 Å². The number of hydrogen-bond acceptors (Lipinski definition) is 4. The highest BCUT2D eigenvalue weighted by Crippen LogP contribution is 2.29. The Kier molecular flexibility index (Phi) is 4.22. The molecule has 1 aromatic heterocycles. The van der Waals surface area contributed by atoms with Crippen molar-refractivity contribution in [3.63, 3.8) is 0 Å². The molecule has 0 radical (unpaired) electrons. The summed E-state index contributed by atoms with van der Waals surface area (Å²) in [6.07, 6.45) is 0. The number of benzene rings is 1. The largest absolute Gasteiger partial charge is 0.467 e. The second-order valence-electron chi connectivity index (χ2n) is 4.31. The summed E-state index contributed by atoms with van der Waals surface area (Å²) in [5, 5.41) is 0.828. The van der Waals surface area contributed by atoms with Crippen molar-refractivity contribution in [2.75, 3.05) is 7.11 Å². The van der Waals surface area contributed by atoms with Gasteiger partial charge >= 0.3 is 6.01 Å². The molecule has 0 spiro atoms. The zero-order valence-corrected chi connectivity index (χ0v) is 12.3. The summed E-state index contributed by atoms with van der Waals surface area (Å²) >= 11 is 12.0. The third-order valence-corrected chi connectivity index (χ3v) is 3.16. The summed E-state index contributed by atoms with van der Waals surface area (Å²) in [6, 6.07) is 5.82. The highest BCUT2D eigenvalue weighted by Gasteiger charge is 2.11. The first-order valence-electron chi connectivity index (χ1n) is 5.76. The van der Waals surface area contributed by atoms with Crippen molar-refractivity contribution in [2.24, 2.45) is 0 Å². The second kappa shape index (κ2) is 5.72. The quantitative estimate of drug-likeness (QED) is 0.860. The lowest BCUT2D eigenvalue weighted by Crippen LogP contribution is -1.99. The van der Waals surface area contributed by atoms with Crippen molar-refractivity contribution >= 4 is 23.2 Å². The van der Waals surface area contributed by atoms with Crippen LogP contribution < -0.4 is 4.74 Å². The van der Waals surface area contributed by atoms with Crippen LogP contribution in [0.5, 0.6) is 6.01 Å². The first-order chi connectivity index (χ1) is 9.01. The average molecular weight is 298 g/mol. The molecule has 1 aromatic carbocycles. The van der Waals surface area contributed by atoms with E-state index in [0.29, 0.717) is 11.7 Å². The summed E-state index contributed by atoms with van der Waals surface area (Å²) in [6.45, 7) is 4.15. The van der Waals surface area contributed by atoms with Gasteiger partial charge in [0, 0.05) is 10.6 Å². The van der Waals surface area contributed by atoms with E-state index >= 15 is 0 Å². The maximum absolute atomic E-state index is 6.16. The van der Waals surface area contributed by atoms with Crippen LogP contribution in [0.2, 0.25) is 10.3 Å². The summed E-state index contributed by atoms with van der Waals surface area (Å²) in [4.78, 5) is 12.1. The molecule has 0 amide bonds. The minimum absolute atomic E-state index is 0.0999. The third kappa shape index (κ3) is 3.14. The number of hydrogen-bond donors (Lipinski definition) is 0. The molecule has 1 heterocycles. The van der Waals surface area contributed by atoms with Crippen LogP contribution in [0.15, 0.2) is 18.2 Å². The van der Waals surface area contributed by atoms with Crippen LogP contribution in [0.25, 0.3) is 11.4 Å². The lowest BCUT2D eigenvalue weighted by molar-refractivity contribution is 0.379. The Bertz CT molecular complexity index is 602. The van der Waals surface area contributed by atoms with Gasteiger partial charge in [0.25, 0.3) is 0 Å². The first-order valence-corrected chi connectivity index (χ1v) is 6.52. The summed E-state index contributed by atoms with van der Waals surface area (Å²) in [7, 11) is 1.48. The van der Waals surface area contributed by atoms with E-state index in [1.54, 1.807) is 0 Å². The molecule has 0 aliphatic heterocycles. The number of aromatic nitrogens is 3. The second-order valence-corrected chi connectivity index (χ2v) is 5.05. The molecule has 0 saturated heterocycles. The Morgan fingerprint density at radius 2 is 1.84 bits per heavy atom. The maximum Gasteiger partial charge on any atom is 0.321 e. The van der Waals surface area contributed by atoms with E-state index in [4.69, 9.17) is 27.9 Å². The van der Waals surface area contributed by atoms with Gasteiger partial charge < -0.3 is 4.74 Å². The predicted octanol–water partition coefficient (Wildman–Crippen LogP) is 3.98. The fraction of sp³-hybridized carbons (Fsp3) is 0.308. The molecular weight excluding hydrogens is 285 g/mol. The summed E-state index contributed by atoms with van der Waals surface area (Å²) in [5.74, 6) is 0.780. The first kappa shape index (κ1) is 14.0. The molecule has 19 heavy (non-hydrogen) atoms. The van der Waals surface area contributed by atoms with E-state index in [9.17, 15) is 0 Å². The normalized spacial score (nSPS) is 10.8. The topological polar surface area (TPSA) is 47.9 Å². The monoisotopic (exact) mass is 297 g/mol. The molecule has 2 aromatic rings. The molecule has 0 bridgehead atoms. The van der Waals surface area contributed by atoms with Gasteiger partial charge in [0.2, 0.25) is 5.28 Å². The van der Waals surface area contributed by atoms with Gasteiger partial charge in [0.1, 0.15) is 0 Å². The molecule has 2 rings (SSSR count). The van der Waals surface area contributed by atoms with Gasteiger partial charge in [0.15, 0.2) is 5.82 Å². The molecule has 0 fully saturated rings. The van der Waals surface area contributed by atoms with Gasteiger partial charge in [-0.1, -0.05) is 25.4 Å². The van der Waals surface area contributed by atoms with Crippen LogP contribution in [-0.2, 0) is 0 Å². The zero-order valence-electron chi connectivity index (χ0n) is 10.8. The van der Waals surface area contributed by atoms with Gasteiger partial charge in [-0.3, -0.25) is 0 Å². The molecule has 0 atom stereocenters. The third-order valence-electron chi connectivity index (χ3n) is 2.65. The fourth-order valence-electron chi connectivity index (χ4n) is 1.68. The molecule has 100 valence electrons. The molecule has 6 heteroatoms. The molecule has 4 nitrogen and oxygen atoms in total. The maximum atomic E-state index is 6.16. The number of methoxy groups -OCH3 is 1. The van der Waals surface area contributed by atoms with Crippen molar-refractivity contribution in [1.82, 2.24) is 15.0 Å². The number of rotatable bonds is 3. The lowest BCUT2D eigenvalue weighted by Gasteiger charge is -2.10. The number of halogens is 2. The highest BCUT2D eigenvalue weighted by atomic mass is 35.5. The van der Waals surface area contributed by atoms with Gasteiger partial charge in [0.05, 0.1) is 7.11 Å². The van der Waals surface area contributed by atoms with Crippen LogP contribution in [0.4, 0.5) is 0 Å². The minimum atomic E-state index is 0.0999. The van der Waals surface area contributed by atoms with E-state index < -0.39 is 0 Å². The van der Waals surface area contributed by atoms with E-state index in [1.807, 2.05) is 18.2 Å². The zero-order chi connectivity index (χ0) is 14.0. The summed E-state index contributed by atoms with van der Waals surface area (Å²) in [5.41, 5.74) is 1.87. The van der Waals surface area contributed by atoms with Gasteiger partial charge in [-0.2, -0.15) is 15.0 Å². The van der Waals surface area contributed by atoms with Crippen LogP contribution >= 0.6 is 23.2 Å². The number of nitrogens with zero attached hydrogens (tertiary/aromatic N) is 3. The lowest BCUT2D eigenvalue weighted by atomic mass is 10.0. The Morgan fingerprint density at radius 1 is 1.11 bits per heavy atom.